The highest BCUT2D eigenvalue weighted by Gasteiger charge is 2.24. The maximum Gasteiger partial charge on any atom is 0.317 e. The van der Waals surface area contributed by atoms with E-state index in [4.69, 9.17) is 0 Å². The molecule has 2 aromatic rings. The molecule has 9 nitrogen and oxygen atoms in total. The minimum Gasteiger partial charge on any atom is -0.338 e. The molecule has 1 aliphatic rings. The van der Waals surface area contributed by atoms with Crippen molar-refractivity contribution in [1.82, 2.24) is 35.3 Å². The lowest BCUT2D eigenvalue weighted by molar-refractivity contribution is 0.0665. The van der Waals surface area contributed by atoms with Gasteiger partial charge in [0.2, 0.25) is 0 Å². The van der Waals surface area contributed by atoms with Gasteiger partial charge in [-0.05, 0) is 41.6 Å². The molecule has 0 unspecified atom stereocenters. The van der Waals surface area contributed by atoms with E-state index in [0.29, 0.717) is 38.3 Å². The van der Waals surface area contributed by atoms with E-state index in [1.54, 1.807) is 34.1 Å². The Morgan fingerprint density at radius 3 is 2.33 bits per heavy atom. The van der Waals surface area contributed by atoms with Crippen molar-refractivity contribution < 1.29 is 9.59 Å². The van der Waals surface area contributed by atoms with E-state index in [0.717, 1.165) is 5.69 Å². The predicted molar refractivity (Wildman–Crippen MR) is 85.7 cm³/mol. The fourth-order valence-electron chi connectivity index (χ4n) is 2.59. The van der Waals surface area contributed by atoms with Crippen LogP contribution in [0.15, 0.2) is 30.6 Å². The van der Waals surface area contributed by atoms with Crippen LogP contribution in [0.1, 0.15) is 17.3 Å². The molecule has 1 aliphatic heterocycles. The molecule has 1 N–H and O–H groups in total. The summed E-state index contributed by atoms with van der Waals surface area (Å²) in [7, 11) is 0. The van der Waals surface area contributed by atoms with Crippen LogP contribution in [0.2, 0.25) is 0 Å². The van der Waals surface area contributed by atoms with E-state index in [1.165, 1.54) is 11.0 Å². The first kappa shape index (κ1) is 15.9. The van der Waals surface area contributed by atoms with Crippen LogP contribution in [0.25, 0.3) is 5.69 Å². The first-order valence-electron chi connectivity index (χ1n) is 7.84. The number of tetrazole rings is 1. The molecule has 9 heteroatoms. The number of hydrogen-bond donors (Lipinski definition) is 1. The maximum absolute atomic E-state index is 12.6. The van der Waals surface area contributed by atoms with Gasteiger partial charge in [0, 0.05) is 38.3 Å². The van der Waals surface area contributed by atoms with E-state index >= 15 is 0 Å². The zero-order valence-corrected chi connectivity index (χ0v) is 13.4. The summed E-state index contributed by atoms with van der Waals surface area (Å²) in [6.07, 6.45) is 1.50. The molecule has 0 atom stereocenters. The number of hydrogen-bond acceptors (Lipinski definition) is 5. The van der Waals surface area contributed by atoms with Gasteiger partial charge in [-0.3, -0.25) is 4.79 Å². The lowest BCUT2D eigenvalue weighted by atomic mass is 10.1. The Hall–Kier alpha value is -2.97. The Kier molecular flexibility index (Phi) is 4.69. The number of rotatable bonds is 3. The summed E-state index contributed by atoms with van der Waals surface area (Å²) in [5, 5.41) is 13.8. The van der Waals surface area contributed by atoms with Crippen molar-refractivity contribution in [2.24, 2.45) is 0 Å². The quantitative estimate of drug-likeness (QED) is 0.865. The van der Waals surface area contributed by atoms with Gasteiger partial charge in [-0.25, -0.2) is 9.48 Å². The molecule has 0 saturated carbocycles. The highest BCUT2D eigenvalue weighted by atomic mass is 16.2. The summed E-state index contributed by atoms with van der Waals surface area (Å²) < 4.78 is 1.53. The topological polar surface area (TPSA) is 96.2 Å². The molecule has 1 aromatic carbocycles. The van der Waals surface area contributed by atoms with Gasteiger partial charge in [-0.1, -0.05) is 0 Å². The number of aromatic nitrogens is 4. The summed E-state index contributed by atoms with van der Waals surface area (Å²) in [5.74, 6) is -0.0335. The molecule has 2 heterocycles. The molecule has 24 heavy (non-hydrogen) atoms. The summed E-state index contributed by atoms with van der Waals surface area (Å²) in [6, 6.07) is 7.05. The van der Waals surface area contributed by atoms with Gasteiger partial charge >= 0.3 is 6.03 Å². The van der Waals surface area contributed by atoms with Crippen molar-refractivity contribution >= 4 is 11.9 Å². The first-order valence-corrected chi connectivity index (χ1v) is 7.84. The summed E-state index contributed by atoms with van der Waals surface area (Å²) >= 11 is 0. The Balaban J connectivity index is 1.60. The SMILES string of the molecule is CCNC(=O)N1CCN(C(=O)c2ccc(-n3cnnn3)cc2)CC1. The minimum atomic E-state index is -0.0737. The predicted octanol–water partition coefficient (Wildman–Crippen LogP) is 0.150. The van der Waals surface area contributed by atoms with Crippen molar-refractivity contribution in [3.63, 3.8) is 0 Å². The monoisotopic (exact) mass is 329 g/mol. The van der Waals surface area contributed by atoms with Crippen LogP contribution >= 0.6 is 0 Å². The largest absolute Gasteiger partial charge is 0.338 e. The van der Waals surface area contributed by atoms with Crippen LogP contribution < -0.4 is 5.32 Å². The van der Waals surface area contributed by atoms with E-state index in [-0.39, 0.29) is 11.9 Å². The van der Waals surface area contributed by atoms with Crippen LogP contribution in [0, 0.1) is 0 Å². The van der Waals surface area contributed by atoms with Gasteiger partial charge in [0.25, 0.3) is 5.91 Å². The number of urea groups is 1. The van der Waals surface area contributed by atoms with E-state index in [9.17, 15) is 9.59 Å². The van der Waals surface area contributed by atoms with Crippen LogP contribution in [-0.2, 0) is 0 Å². The third-order valence-corrected chi connectivity index (χ3v) is 3.91. The molecule has 1 fully saturated rings. The van der Waals surface area contributed by atoms with Crippen molar-refractivity contribution in [2.45, 2.75) is 6.92 Å². The molecule has 0 aliphatic carbocycles. The van der Waals surface area contributed by atoms with Gasteiger partial charge < -0.3 is 15.1 Å². The van der Waals surface area contributed by atoms with Crippen molar-refractivity contribution in [3.8, 4) is 5.69 Å². The molecule has 3 rings (SSSR count). The van der Waals surface area contributed by atoms with E-state index in [2.05, 4.69) is 20.8 Å². The second-order valence-corrected chi connectivity index (χ2v) is 5.42. The zero-order valence-electron chi connectivity index (χ0n) is 13.4. The molecule has 0 bridgehead atoms. The average molecular weight is 329 g/mol. The van der Waals surface area contributed by atoms with Gasteiger partial charge in [0.05, 0.1) is 5.69 Å². The number of carbonyl (C=O) groups excluding carboxylic acids is 2. The van der Waals surface area contributed by atoms with Gasteiger partial charge in [0.15, 0.2) is 0 Å². The van der Waals surface area contributed by atoms with Gasteiger partial charge in [-0.15, -0.1) is 5.10 Å². The molecule has 126 valence electrons. The van der Waals surface area contributed by atoms with Crippen molar-refractivity contribution in [1.29, 1.82) is 0 Å². The highest BCUT2D eigenvalue weighted by molar-refractivity contribution is 5.94. The van der Waals surface area contributed by atoms with E-state index in [1.807, 2.05) is 6.92 Å². The fourth-order valence-corrected chi connectivity index (χ4v) is 2.59. The van der Waals surface area contributed by atoms with Crippen LogP contribution in [0.3, 0.4) is 0 Å². The fraction of sp³-hybridized carbons (Fsp3) is 0.400. The lowest BCUT2D eigenvalue weighted by Gasteiger charge is -2.34. The molecule has 1 saturated heterocycles. The Morgan fingerprint density at radius 1 is 1.08 bits per heavy atom. The third kappa shape index (κ3) is 3.34. The highest BCUT2D eigenvalue weighted by Crippen LogP contribution is 2.12. The lowest BCUT2D eigenvalue weighted by Crippen LogP contribution is -2.53. The van der Waals surface area contributed by atoms with Crippen molar-refractivity contribution in [2.75, 3.05) is 32.7 Å². The Morgan fingerprint density at radius 2 is 1.75 bits per heavy atom. The van der Waals surface area contributed by atoms with Gasteiger partial charge in [0.1, 0.15) is 6.33 Å². The van der Waals surface area contributed by atoms with Crippen LogP contribution in [0.4, 0.5) is 4.79 Å². The number of benzene rings is 1. The average Bonchev–Trinajstić information content (AvgIpc) is 3.16. The molecule has 3 amide bonds. The maximum atomic E-state index is 12.6. The smallest absolute Gasteiger partial charge is 0.317 e. The molecule has 1 aromatic heterocycles. The van der Waals surface area contributed by atoms with Crippen molar-refractivity contribution in [3.05, 3.63) is 36.2 Å². The summed E-state index contributed by atoms with van der Waals surface area (Å²) in [6.45, 7) is 4.64. The number of amides is 3. The normalized spacial score (nSPS) is 14.5. The number of nitrogens with zero attached hydrogens (tertiary/aromatic N) is 6. The summed E-state index contributed by atoms with van der Waals surface area (Å²) in [5.41, 5.74) is 1.40. The zero-order chi connectivity index (χ0) is 16.9. The second-order valence-electron chi connectivity index (χ2n) is 5.42. The number of nitrogens with one attached hydrogen (secondary N) is 1. The molecule has 0 spiro atoms. The molecular formula is C15H19N7O2. The van der Waals surface area contributed by atoms with E-state index < -0.39 is 0 Å². The summed E-state index contributed by atoms with van der Waals surface area (Å²) in [4.78, 5) is 27.8. The van der Waals surface area contributed by atoms with Gasteiger partial charge in [-0.2, -0.15) is 0 Å². The molecule has 0 radical (unpaired) electrons. The molecular weight excluding hydrogens is 310 g/mol. The first-order chi connectivity index (χ1) is 11.7. The second kappa shape index (κ2) is 7.07. The Labute approximate surface area is 139 Å². The van der Waals surface area contributed by atoms with Crippen LogP contribution in [0.5, 0.6) is 0 Å². The standard InChI is InChI=1S/C15H19N7O2/c1-2-16-15(24)21-9-7-20(8-10-21)14(23)12-3-5-13(6-4-12)22-11-17-18-19-22/h3-6,11H,2,7-10H2,1H3,(H,16,24). The number of piperazine rings is 1. The van der Waals surface area contributed by atoms with Crippen LogP contribution in [-0.4, -0.2) is 74.7 Å². The minimum absolute atomic E-state index is 0.0335. The third-order valence-electron chi connectivity index (χ3n) is 3.91. The number of carbonyl (C=O) groups is 2. The Bertz CT molecular complexity index is 691.